The van der Waals surface area contributed by atoms with Gasteiger partial charge in [0.25, 0.3) is 5.69 Å². The Kier molecular flexibility index (Phi) is 4.11. The van der Waals surface area contributed by atoms with Crippen LogP contribution < -0.4 is 9.44 Å². The molecule has 0 spiro atoms. The summed E-state index contributed by atoms with van der Waals surface area (Å²) >= 11 is 0. The third-order valence-corrected chi connectivity index (χ3v) is 2.76. The number of carbonyl (C=O) groups excluding carboxylic acids is 1. The van der Waals surface area contributed by atoms with Crippen LogP contribution in [0.4, 0.5) is 16.2 Å². The molecular formula is C8H9N3O7S. The summed E-state index contributed by atoms with van der Waals surface area (Å²) in [5.74, 6) is -0.663. The number of nitrogens with one attached hydrogen (secondary N) is 2. The number of non-ortho nitro benzene ring substituents is 1. The van der Waals surface area contributed by atoms with Crippen molar-refractivity contribution in [1.82, 2.24) is 4.72 Å². The van der Waals surface area contributed by atoms with E-state index in [0.717, 1.165) is 25.3 Å². The molecule has 0 saturated carbocycles. The number of nitro groups is 1. The average molecular weight is 291 g/mol. The second-order valence-electron chi connectivity index (χ2n) is 3.16. The topological polar surface area (TPSA) is 148 Å². The molecule has 3 N–H and O–H groups in total. The van der Waals surface area contributed by atoms with Crippen LogP contribution in [0, 0.1) is 10.1 Å². The van der Waals surface area contributed by atoms with Crippen LogP contribution in [0.25, 0.3) is 0 Å². The Morgan fingerprint density at radius 1 is 1.47 bits per heavy atom. The number of hydrogen-bond acceptors (Lipinski definition) is 7. The van der Waals surface area contributed by atoms with E-state index in [0.29, 0.717) is 0 Å². The molecule has 0 bridgehead atoms. The predicted molar refractivity (Wildman–Crippen MR) is 62.8 cm³/mol. The number of phenols is 1. The monoisotopic (exact) mass is 291 g/mol. The molecule has 0 unspecified atom stereocenters. The summed E-state index contributed by atoms with van der Waals surface area (Å²) < 4.78 is 30.1. The van der Waals surface area contributed by atoms with Gasteiger partial charge in [-0.1, -0.05) is 0 Å². The molecule has 0 heterocycles. The van der Waals surface area contributed by atoms with Crippen LogP contribution in [0.3, 0.4) is 0 Å². The zero-order chi connectivity index (χ0) is 14.6. The minimum Gasteiger partial charge on any atom is -0.505 e. The lowest BCUT2D eigenvalue weighted by Gasteiger charge is -2.09. The van der Waals surface area contributed by atoms with Crippen molar-refractivity contribution in [2.75, 3.05) is 11.8 Å². The number of hydrogen-bond donors (Lipinski definition) is 3. The van der Waals surface area contributed by atoms with E-state index in [4.69, 9.17) is 0 Å². The third-order valence-electron chi connectivity index (χ3n) is 1.84. The molecule has 0 aromatic heterocycles. The standard InChI is InChI=1S/C8H9N3O7S/c1-18-8(13)10-19(16,17)9-6-3-2-5(11(14)15)4-7(6)12/h2-4,9,12H,1H3,(H,10,13). The molecule has 10 nitrogen and oxygen atoms in total. The number of aromatic hydroxyl groups is 1. The molecule has 0 saturated heterocycles. The summed E-state index contributed by atoms with van der Waals surface area (Å²) in [6.45, 7) is 0. The maximum atomic E-state index is 11.4. The van der Waals surface area contributed by atoms with Gasteiger partial charge in [0.05, 0.1) is 23.8 Å². The van der Waals surface area contributed by atoms with Crippen LogP contribution in [0.5, 0.6) is 5.75 Å². The van der Waals surface area contributed by atoms with Gasteiger partial charge < -0.3 is 9.84 Å². The molecule has 0 radical (unpaired) electrons. The first kappa shape index (κ1) is 14.5. The minimum atomic E-state index is -4.31. The SMILES string of the molecule is COC(=O)NS(=O)(=O)Nc1ccc([N+](=O)[O-])cc1O. The lowest BCUT2D eigenvalue weighted by atomic mass is 10.3. The summed E-state index contributed by atoms with van der Waals surface area (Å²) in [5.41, 5.74) is -0.747. The van der Waals surface area contributed by atoms with E-state index in [2.05, 4.69) is 4.74 Å². The van der Waals surface area contributed by atoms with Crippen molar-refractivity contribution < 1.29 is 28.0 Å². The molecule has 1 amide bonds. The average Bonchev–Trinajstić information content (AvgIpc) is 2.30. The van der Waals surface area contributed by atoms with Gasteiger partial charge in [-0.15, -0.1) is 0 Å². The maximum Gasteiger partial charge on any atom is 0.422 e. The van der Waals surface area contributed by atoms with Gasteiger partial charge in [0.2, 0.25) is 0 Å². The first-order valence-corrected chi connectivity index (χ1v) is 6.09. The number of ether oxygens (including phenoxy) is 1. The highest BCUT2D eigenvalue weighted by atomic mass is 32.2. The molecule has 0 aliphatic rings. The van der Waals surface area contributed by atoms with Crippen LogP contribution in [0.15, 0.2) is 18.2 Å². The number of rotatable bonds is 4. The van der Waals surface area contributed by atoms with E-state index < -0.39 is 32.7 Å². The van der Waals surface area contributed by atoms with Crippen LogP contribution in [-0.4, -0.2) is 31.7 Å². The highest BCUT2D eigenvalue weighted by Crippen LogP contribution is 2.28. The Balaban J connectivity index is 2.94. The third kappa shape index (κ3) is 3.99. The molecule has 0 aliphatic carbocycles. The quantitative estimate of drug-likeness (QED) is 0.410. The number of nitrogens with zero attached hydrogens (tertiary/aromatic N) is 1. The Bertz CT molecular complexity index is 613. The smallest absolute Gasteiger partial charge is 0.422 e. The highest BCUT2D eigenvalue weighted by molar-refractivity contribution is 7.91. The number of carbonyl (C=O) groups is 1. The van der Waals surface area contributed by atoms with Crippen LogP contribution in [0.1, 0.15) is 0 Å². The molecule has 0 fully saturated rings. The van der Waals surface area contributed by atoms with E-state index in [9.17, 15) is 28.4 Å². The van der Waals surface area contributed by atoms with Crippen molar-refractivity contribution in [1.29, 1.82) is 0 Å². The second-order valence-corrected chi connectivity index (χ2v) is 4.57. The first-order chi connectivity index (χ1) is 8.75. The van der Waals surface area contributed by atoms with Crippen molar-refractivity contribution in [2.45, 2.75) is 0 Å². The van der Waals surface area contributed by atoms with Gasteiger partial charge in [-0.2, -0.15) is 8.42 Å². The normalized spacial score (nSPS) is 10.6. The van der Waals surface area contributed by atoms with Crippen molar-refractivity contribution in [2.24, 2.45) is 0 Å². The number of phenolic OH excluding ortho intramolecular Hbond substituents is 1. The van der Waals surface area contributed by atoms with Crippen molar-refractivity contribution in [3.8, 4) is 5.75 Å². The fourth-order valence-corrected chi connectivity index (χ4v) is 1.86. The maximum absolute atomic E-state index is 11.4. The number of methoxy groups -OCH3 is 1. The molecular weight excluding hydrogens is 282 g/mol. The minimum absolute atomic E-state index is 0.331. The number of amides is 1. The van der Waals surface area contributed by atoms with Gasteiger partial charge in [-0.05, 0) is 6.07 Å². The van der Waals surface area contributed by atoms with Crippen LogP contribution in [-0.2, 0) is 14.9 Å². The van der Waals surface area contributed by atoms with Gasteiger partial charge in [0.15, 0.2) is 0 Å². The van der Waals surface area contributed by atoms with Crippen molar-refractivity contribution >= 4 is 27.7 Å². The highest BCUT2D eigenvalue weighted by Gasteiger charge is 2.18. The fourth-order valence-electron chi connectivity index (χ4n) is 1.04. The van der Waals surface area contributed by atoms with E-state index in [1.807, 2.05) is 0 Å². The second kappa shape index (κ2) is 5.39. The predicted octanol–water partition coefficient (Wildman–Crippen LogP) is 0.313. The van der Waals surface area contributed by atoms with Gasteiger partial charge in [0.1, 0.15) is 5.75 Å². The Morgan fingerprint density at radius 2 is 2.11 bits per heavy atom. The molecule has 1 aromatic rings. The van der Waals surface area contributed by atoms with Gasteiger partial charge >= 0.3 is 16.3 Å². The molecule has 19 heavy (non-hydrogen) atoms. The molecule has 0 atom stereocenters. The number of nitro benzene ring substituents is 1. The lowest BCUT2D eigenvalue weighted by molar-refractivity contribution is -0.384. The van der Waals surface area contributed by atoms with E-state index in [-0.39, 0.29) is 5.69 Å². The zero-order valence-corrected chi connectivity index (χ0v) is 10.3. The molecule has 104 valence electrons. The summed E-state index contributed by atoms with van der Waals surface area (Å²) in [7, 11) is -3.34. The summed E-state index contributed by atoms with van der Waals surface area (Å²) in [6.07, 6.45) is -1.23. The van der Waals surface area contributed by atoms with Gasteiger partial charge in [-0.25, -0.2) is 9.52 Å². The fraction of sp³-hybridized carbons (Fsp3) is 0.125. The van der Waals surface area contributed by atoms with E-state index >= 15 is 0 Å². The van der Waals surface area contributed by atoms with Gasteiger partial charge in [-0.3, -0.25) is 14.8 Å². The molecule has 11 heteroatoms. The van der Waals surface area contributed by atoms with Crippen LogP contribution >= 0.6 is 0 Å². The summed E-state index contributed by atoms with van der Waals surface area (Å²) in [5, 5.41) is 19.8. The Morgan fingerprint density at radius 3 is 2.58 bits per heavy atom. The largest absolute Gasteiger partial charge is 0.505 e. The van der Waals surface area contributed by atoms with E-state index in [1.165, 1.54) is 4.72 Å². The zero-order valence-electron chi connectivity index (χ0n) is 9.48. The van der Waals surface area contributed by atoms with Crippen molar-refractivity contribution in [3.63, 3.8) is 0 Å². The molecule has 1 rings (SSSR count). The summed E-state index contributed by atoms with van der Waals surface area (Å²) in [6, 6.07) is 2.72. The Labute approximate surface area is 107 Å². The van der Waals surface area contributed by atoms with Crippen molar-refractivity contribution in [3.05, 3.63) is 28.3 Å². The Hall–Kier alpha value is -2.56. The van der Waals surface area contributed by atoms with Gasteiger partial charge in [0, 0.05) is 6.07 Å². The first-order valence-electron chi connectivity index (χ1n) is 4.61. The van der Waals surface area contributed by atoms with Crippen LogP contribution in [0.2, 0.25) is 0 Å². The summed E-state index contributed by atoms with van der Waals surface area (Å²) in [4.78, 5) is 20.4. The number of anilines is 1. The van der Waals surface area contributed by atoms with E-state index in [1.54, 1.807) is 4.72 Å². The number of benzene rings is 1. The molecule has 1 aromatic carbocycles. The molecule has 0 aliphatic heterocycles. The lowest BCUT2D eigenvalue weighted by Crippen LogP contribution is -2.35.